The summed E-state index contributed by atoms with van der Waals surface area (Å²) in [6.07, 6.45) is 0. The van der Waals surface area contributed by atoms with E-state index in [2.05, 4.69) is 10.3 Å². The van der Waals surface area contributed by atoms with Gasteiger partial charge in [-0.05, 0) is 6.92 Å². The molecule has 0 unspecified atom stereocenters. The number of nitrogens with zero attached hydrogens (tertiary/aromatic N) is 3. The topological polar surface area (TPSA) is 101 Å². The van der Waals surface area contributed by atoms with E-state index in [0.29, 0.717) is 17.1 Å². The maximum atomic E-state index is 11.2. The molecular weight excluding hydrogens is 226 g/mol. The van der Waals surface area contributed by atoms with Crippen molar-refractivity contribution in [2.24, 2.45) is 0 Å². The van der Waals surface area contributed by atoms with Gasteiger partial charge in [-0.25, -0.2) is 9.48 Å². The van der Waals surface area contributed by atoms with Crippen molar-refractivity contribution in [3.63, 3.8) is 0 Å². The largest absolute Gasteiger partial charge is 0.428 e. The zero-order valence-corrected chi connectivity index (χ0v) is 9.12. The van der Waals surface area contributed by atoms with Crippen molar-refractivity contribution in [3.05, 3.63) is 39.7 Å². The van der Waals surface area contributed by atoms with Gasteiger partial charge < -0.3 is 14.6 Å². The van der Waals surface area contributed by atoms with Crippen LogP contribution in [0.3, 0.4) is 0 Å². The SMILES string of the molecule is Cc1cc(-n2nnc(CO)c2CO)cc(=O)o1. The number of aliphatic hydroxyl groups excluding tert-OH is 2. The van der Waals surface area contributed by atoms with E-state index in [1.54, 1.807) is 13.0 Å². The van der Waals surface area contributed by atoms with Crippen LogP contribution in [0.2, 0.25) is 0 Å². The van der Waals surface area contributed by atoms with E-state index in [1.165, 1.54) is 10.7 Å². The molecule has 0 saturated carbocycles. The van der Waals surface area contributed by atoms with Crippen molar-refractivity contribution in [2.75, 3.05) is 0 Å². The summed E-state index contributed by atoms with van der Waals surface area (Å²) in [6, 6.07) is 2.83. The van der Waals surface area contributed by atoms with E-state index in [9.17, 15) is 9.90 Å². The Bertz CT molecular complexity index is 587. The fourth-order valence-corrected chi connectivity index (χ4v) is 1.53. The number of aromatic nitrogens is 3. The molecule has 0 atom stereocenters. The van der Waals surface area contributed by atoms with Gasteiger partial charge in [0.15, 0.2) is 0 Å². The number of hydrogen-bond donors (Lipinski definition) is 2. The molecule has 17 heavy (non-hydrogen) atoms. The van der Waals surface area contributed by atoms with E-state index < -0.39 is 5.63 Å². The first-order valence-electron chi connectivity index (χ1n) is 4.93. The molecule has 0 aliphatic rings. The molecule has 2 heterocycles. The monoisotopic (exact) mass is 237 g/mol. The maximum absolute atomic E-state index is 11.2. The van der Waals surface area contributed by atoms with Crippen molar-refractivity contribution in [2.45, 2.75) is 20.1 Å². The van der Waals surface area contributed by atoms with Gasteiger partial charge in [0, 0.05) is 12.1 Å². The predicted octanol–water partition coefficient (Wildman–Crippen LogP) is -0.486. The molecule has 0 spiro atoms. The Kier molecular flexibility index (Phi) is 3.03. The van der Waals surface area contributed by atoms with E-state index in [0.717, 1.165) is 0 Å². The standard InChI is InChI=1S/C10H11N3O4/c1-6-2-7(3-10(16)17-6)13-9(5-15)8(4-14)11-12-13/h2-3,14-15H,4-5H2,1H3. The molecule has 0 bridgehead atoms. The van der Waals surface area contributed by atoms with Crippen molar-refractivity contribution in [3.8, 4) is 5.69 Å². The second-order valence-electron chi connectivity index (χ2n) is 3.46. The predicted molar refractivity (Wildman–Crippen MR) is 56.5 cm³/mol. The third-order valence-electron chi connectivity index (χ3n) is 2.27. The van der Waals surface area contributed by atoms with Gasteiger partial charge in [-0.2, -0.15) is 0 Å². The number of hydrogen-bond acceptors (Lipinski definition) is 6. The fourth-order valence-electron chi connectivity index (χ4n) is 1.53. The van der Waals surface area contributed by atoms with Crippen LogP contribution in [-0.2, 0) is 13.2 Å². The molecule has 0 aliphatic carbocycles. The summed E-state index contributed by atoms with van der Waals surface area (Å²) in [6.45, 7) is 0.978. The summed E-state index contributed by atoms with van der Waals surface area (Å²) in [4.78, 5) is 11.2. The zero-order chi connectivity index (χ0) is 12.4. The molecular formula is C10H11N3O4. The normalized spacial score (nSPS) is 10.8. The molecule has 2 rings (SSSR count). The highest BCUT2D eigenvalue weighted by Crippen LogP contribution is 2.12. The second-order valence-corrected chi connectivity index (χ2v) is 3.46. The van der Waals surface area contributed by atoms with Gasteiger partial charge in [0.2, 0.25) is 0 Å². The van der Waals surface area contributed by atoms with Gasteiger partial charge in [-0.3, -0.25) is 0 Å². The molecule has 7 heteroatoms. The van der Waals surface area contributed by atoms with Crippen LogP contribution in [0.4, 0.5) is 0 Å². The minimum absolute atomic E-state index is 0.276. The highest BCUT2D eigenvalue weighted by atomic mass is 16.4. The van der Waals surface area contributed by atoms with Crippen LogP contribution in [0.1, 0.15) is 17.1 Å². The lowest BCUT2D eigenvalue weighted by Crippen LogP contribution is -2.08. The molecule has 0 amide bonds. The second kappa shape index (κ2) is 4.48. The van der Waals surface area contributed by atoms with Crippen molar-refractivity contribution >= 4 is 0 Å². The zero-order valence-electron chi connectivity index (χ0n) is 9.12. The molecule has 2 aromatic heterocycles. The number of aryl methyl sites for hydroxylation is 1. The number of rotatable bonds is 3. The van der Waals surface area contributed by atoms with Crippen LogP contribution in [0, 0.1) is 6.92 Å². The lowest BCUT2D eigenvalue weighted by atomic mass is 10.3. The fraction of sp³-hybridized carbons (Fsp3) is 0.300. The van der Waals surface area contributed by atoms with E-state index in [4.69, 9.17) is 9.52 Å². The van der Waals surface area contributed by atoms with Gasteiger partial charge in [-0.1, -0.05) is 5.21 Å². The molecule has 2 N–H and O–H groups in total. The van der Waals surface area contributed by atoms with Crippen LogP contribution in [0.15, 0.2) is 21.3 Å². The first kappa shape index (κ1) is 11.5. The quantitative estimate of drug-likeness (QED) is 0.747. The Morgan fingerprint density at radius 2 is 2.12 bits per heavy atom. The highest BCUT2D eigenvalue weighted by molar-refractivity contribution is 5.32. The third kappa shape index (κ3) is 2.10. The van der Waals surface area contributed by atoms with Crippen LogP contribution in [-0.4, -0.2) is 25.2 Å². The van der Waals surface area contributed by atoms with Gasteiger partial charge in [0.1, 0.15) is 11.5 Å². The van der Waals surface area contributed by atoms with Gasteiger partial charge in [0.25, 0.3) is 0 Å². The third-order valence-corrected chi connectivity index (χ3v) is 2.27. The molecule has 7 nitrogen and oxygen atoms in total. The van der Waals surface area contributed by atoms with Crippen molar-refractivity contribution < 1.29 is 14.6 Å². The molecule has 0 fully saturated rings. The van der Waals surface area contributed by atoms with Gasteiger partial charge in [0.05, 0.1) is 24.6 Å². The summed E-state index contributed by atoms with van der Waals surface area (Å²) in [5, 5.41) is 25.7. The Hall–Kier alpha value is -1.99. The maximum Gasteiger partial charge on any atom is 0.338 e. The minimum Gasteiger partial charge on any atom is -0.428 e. The Morgan fingerprint density at radius 1 is 1.35 bits per heavy atom. The molecule has 0 aliphatic heterocycles. The lowest BCUT2D eigenvalue weighted by molar-refractivity contribution is 0.253. The Labute approximate surface area is 95.9 Å². The van der Waals surface area contributed by atoms with Crippen LogP contribution in [0.5, 0.6) is 0 Å². The first-order valence-corrected chi connectivity index (χ1v) is 4.93. The first-order chi connectivity index (χ1) is 8.15. The van der Waals surface area contributed by atoms with Crippen LogP contribution in [0.25, 0.3) is 5.69 Å². The summed E-state index contributed by atoms with van der Waals surface area (Å²) < 4.78 is 6.12. The molecule has 0 saturated heterocycles. The molecule has 2 aromatic rings. The Balaban J connectivity index is 2.59. The van der Waals surface area contributed by atoms with E-state index in [-0.39, 0.29) is 18.9 Å². The highest BCUT2D eigenvalue weighted by Gasteiger charge is 2.13. The Morgan fingerprint density at radius 3 is 2.71 bits per heavy atom. The van der Waals surface area contributed by atoms with Gasteiger partial charge >= 0.3 is 5.63 Å². The molecule has 0 radical (unpaired) electrons. The summed E-state index contributed by atoms with van der Waals surface area (Å²) in [5.74, 6) is 0.428. The van der Waals surface area contributed by atoms with E-state index in [1.807, 2.05) is 0 Å². The average molecular weight is 237 g/mol. The smallest absolute Gasteiger partial charge is 0.338 e. The summed E-state index contributed by atoms with van der Waals surface area (Å²) >= 11 is 0. The summed E-state index contributed by atoms with van der Waals surface area (Å²) in [5.41, 5.74) is 0.552. The summed E-state index contributed by atoms with van der Waals surface area (Å²) in [7, 11) is 0. The van der Waals surface area contributed by atoms with Crippen LogP contribution >= 0.6 is 0 Å². The average Bonchev–Trinajstić information content (AvgIpc) is 2.70. The van der Waals surface area contributed by atoms with E-state index >= 15 is 0 Å². The van der Waals surface area contributed by atoms with Crippen LogP contribution < -0.4 is 5.63 Å². The minimum atomic E-state index is -0.509. The molecule has 90 valence electrons. The number of aliphatic hydroxyl groups is 2. The van der Waals surface area contributed by atoms with Crippen molar-refractivity contribution in [1.29, 1.82) is 0 Å². The van der Waals surface area contributed by atoms with Gasteiger partial charge in [-0.15, -0.1) is 5.10 Å². The lowest BCUT2D eigenvalue weighted by Gasteiger charge is -2.04. The van der Waals surface area contributed by atoms with Crippen molar-refractivity contribution in [1.82, 2.24) is 15.0 Å². The molecule has 0 aromatic carbocycles.